The number of aliphatic imine (C=N–C) groups is 1. The first-order valence-corrected chi connectivity index (χ1v) is 9.18. The van der Waals surface area contributed by atoms with Crippen molar-refractivity contribution in [3.05, 3.63) is 11.6 Å². The predicted molar refractivity (Wildman–Crippen MR) is 95.4 cm³/mol. The zero-order valence-corrected chi connectivity index (χ0v) is 15.5. The molecule has 2 aliphatic rings. The summed E-state index contributed by atoms with van der Waals surface area (Å²) in [4.78, 5) is 4.68. The molecule has 3 heterocycles. The van der Waals surface area contributed by atoms with Gasteiger partial charge in [-0.2, -0.15) is 0 Å². The first kappa shape index (κ1) is 18.1. The van der Waals surface area contributed by atoms with Crippen molar-refractivity contribution in [2.75, 3.05) is 26.3 Å². The minimum atomic E-state index is -0.117. The van der Waals surface area contributed by atoms with Crippen LogP contribution in [0.1, 0.15) is 44.3 Å². The van der Waals surface area contributed by atoms with Crippen molar-refractivity contribution in [1.82, 2.24) is 25.4 Å². The van der Waals surface area contributed by atoms with E-state index in [0.717, 1.165) is 69.6 Å². The molecule has 1 aromatic rings. The van der Waals surface area contributed by atoms with E-state index in [2.05, 4.69) is 32.7 Å². The van der Waals surface area contributed by atoms with Crippen LogP contribution in [0.15, 0.2) is 4.99 Å². The van der Waals surface area contributed by atoms with Crippen LogP contribution in [0.4, 0.5) is 0 Å². The summed E-state index contributed by atoms with van der Waals surface area (Å²) in [5.74, 6) is 2.51. The number of aryl methyl sites for hydroxylation is 1. The van der Waals surface area contributed by atoms with Crippen LogP contribution in [0.5, 0.6) is 0 Å². The van der Waals surface area contributed by atoms with Gasteiger partial charge in [-0.05, 0) is 39.5 Å². The Labute approximate surface area is 149 Å². The highest BCUT2D eigenvalue weighted by molar-refractivity contribution is 5.79. The first-order chi connectivity index (χ1) is 12.1. The van der Waals surface area contributed by atoms with Gasteiger partial charge >= 0.3 is 0 Å². The van der Waals surface area contributed by atoms with Gasteiger partial charge in [-0.25, -0.2) is 4.99 Å². The maximum absolute atomic E-state index is 5.86. The Morgan fingerprint density at radius 3 is 2.84 bits per heavy atom. The van der Waals surface area contributed by atoms with Crippen LogP contribution < -0.4 is 10.6 Å². The molecule has 140 valence electrons. The van der Waals surface area contributed by atoms with E-state index in [4.69, 9.17) is 9.47 Å². The highest BCUT2D eigenvalue weighted by Crippen LogP contribution is 2.23. The summed E-state index contributed by atoms with van der Waals surface area (Å²) in [5, 5.41) is 15.1. The summed E-state index contributed by atoms with van der Waals surface area (Å²) in [5.41, 5.74) is -0.117. The monoisotopic (exact) mass is 350 g/mol. The number of nitrogens with one attached hydrogen (secondary N) is 2. The molecule has 8 heteroatoms. The van der Waals surface area contributed by atoms with Gasteiger partial charge in [0.15, 0.2) is 11.8 Å². The van der Waals surface area contributed by atoms with Gasteiger partial charge in [0, 0.05) is 33.4 Å². The van der Waals surface area contributed by atoms with E-state index in [-0.39, 0.29) is 11.7 Å². The molecule has 3 rings (SSSR count). The molecule has 1 aromatic heterocycles. The lowest BCUT2D eigenvalue weighted by atomic mass is 10.0. The average molecular weight is 350 g/mol. The van der Waals surface area contributed by atoms with E-state index in [1.54, 1.807) is 0 Å². The van der Waals surface area contributed by atoms with Crippen molar-refractivity contribution in [3.8, 4) is 0 Å². The smallest absolute Gasteiger partial charge is 0.191 e. The van der Waals surface area contributed by atoms with Crippen molar-refractivity contribution in [2.24, 2.45) is 12.0 Å². The second-order valence-electron chi connectivity index (χ2n) is 7.16. The fourth-order valence-electron chi connectivity index (χ4n) is 3.18. The third kappa shape index (κ3) is 4.92. The largest absolute Gasteiger partial charge is 0.376 e. The number of guanidine groups is 1. The molecule has 25 heavy (non-hydrogen) atoms. The highest BCUT2D eigenvalue weighted by atomic mass is 16.5. The maximum atomic E-state index is 5.86. The zero-order valence-electron chi connectivity index (χ0n) is 15.5. The fourth-order valence-corrected chi connectivity index (χ4v) is 3.18. The van der Waals surface area contributed by atoms with Gasteiger partial charge in [-0.3, -0.25) is 0 Å². The van der Waals surface area contributed by atoms with Gasteiger partial charge < -0.3 is 24.7 Å². The molecule has 0 spiro atoms. The molecule has 8 nitrogen and oxygen atoms in total. The molecule has 0 saturated carbocycles. The van der Waals surface area contributed by atoms with Crippen molar-refractivity contribution < 1.29 is 9.47 Å². The normalized spacial score (nSPS) is 27.0. The Balaban J connectivity index is 1.59. The minimum absolute atomic E-state index is 0.117. The lowest BCUT2D eigenvalue weighted by molar-refractivity contribution is 0.0242. The van der Waals surface area contributed by atoms with Crippen LogP contribution >= 0.6 is 0 Å². The van der Waals surface area contributed by atoms with Crippen LogP contribution in [0, 0.1) is 6.92 Å². The van der Waals surface area contributed by atoms with Gasteiger partial charge in [0.1, 0.15) is 12.4 Å². The molecular weight excluding hydrogens is 320 g/mol. The lowest BCUT2D eigenvalue weighted by Crippen LogP contribution is -2.47. The van der Waals surface area contributed by atoms with Gasteiger partial charge in [0.25, 0.3) is 0 Å². The lowest BCUT2D eigenvalue weighted by Gasteiger charge is -2.25. The third-order valence-corrected chi connectivity index (χ3v) is 5.01. The molecule has 0 aromatic carbocycles. The van der Waals surface area contributed by atoms with E-state index in [1.165, 1.54) is 0 Å². The minimum Gasteiger partial charge on any atom is -0.376 e. The Morgan fingerprint density at radius 2 is 2.20 bits per heavy atom. The first-order valence-electron chi connectivity index (χ1n) is 9.18. The van der Waals surface area contributed by atoms with Crippen LogP contribution in [-0.2, 0) is 23.1 Å². The van der Waals surface area contributed by atoms with E-state index < -0.39 is 0 Å². The van der Waals surface area contributed by atoms with Gasteiger partial charge in [0.05, 0.1) is 11.7 Å². The Bertz CT molecular complexity index is 588. The summed E-state index contributed by atoms with van der Waals surface area (Å²) < 4.78 is 13.5. The topological polar surface area (TPSA) is 85.6 Å². The number of rotatable bonds is 6. The van der Waals surface area contributed by atoms with Gasteiger partial charge in [-0.1, -0.05) is 0 Å². The van der Waals surface area contributed by atoms with Gasteiger partial charge in [-0.15, -0.1) is 10.2 Å². The van der Waals surface area contributed by atoms with E-state index in [1.807, 2.05) is 18.5 Å². The molecule has 0 amide bonds. The second-order valence-corrected chi connectivity index (χ2v) is 7.16. The third-order valence-electron chi connectivity index (χ3n) is 5.01. The van der Waals surface area contributed by atoms with Crippen LogP contribution in [0.2, 0.25) is 0 Å². The Morgan fingerprint density at radius 1 is 1.32 bits per heavy atom. The SMILES string of the molecule is Cc1nnc(CN=C(NCC2CCCO2)NCC2(C)CCCO2)n1C. The Hall–Kier alpha value is -1.67. The average Bonchev–Trinajstić information content (AvgIpc) is 3.33. The number of nitrogens with zero attached hydrogens (tertiary/aromatic N) is 4. The number of hydrogen-bond donors (Lipinski definition) is 2. The summed E-state index contributed by atoms with van der Waals surface area (Å²) >= 11 is 0. The van der Waals surface area contributed by atoms with Crippen LogP contribution in [-0.4, -0.2) is 58.7 Å². The molecule has 2 fully saturated rings. The standard InChI is InChI=1S/C17H30N6O2/c1-13-21-22-15(23(13)3)11-19-16(18-10-14-6-4-8-24-14)20-12-17(2)7-5-9-25-17/h14H,4-12H2,1-3H3,(H2,18,19,20). The zero-order chi connectivity index (χ0) is 17.7. The summed E-state index contributed by atoms with van der Waals surface area (Å²) in [6.07, 6.45) is 4.69. The number of aromatic nitrogens is 3. The second kappa shape index (κ2) is 8.14. The van der Waals surface area contributed by atoms with Crippen LogP contribution in [0.3, 0.4) is 0 Å². The van der Waals surface area contributed by atoms with E-state index >= 15 is 0 Å². The number of ether oxygens (including phenoxy) is 2. The maximum Gasteiger partial charge on any atom is 0.191 e. The summed E-state index contributed by atoms with van der Waals surface area (Å²) in [6, 6.07) is 0. The van der Waals surface area contributed by atoms with Crippen molar-refractivity contribution in [3.63, 3.8) is 0 Å². The summed E-state index contributed by atoms with van der Waals surface area (Å²) in [6.45, 7) is 7.77. The molecule has 2 saturated heterocycles. The van der Waals surface area contributed by atoms with Crippen molar-refractivity contribution in [1.29, 1.82) is 0 Å². The Kier molecular flexibility index (Phi) is 5.90. The van der Waals surface area contributed by atoms with E-state index in [9.17, 15) is 0 Å². The quantitative estimate of drug-likeness (QED) is 0.586. The molecular formula is C17H30N6O2. The fraction of sp³-hybridized carbons (Fsp3) is 0.824. The molecule has 2 unspecified atom stereocenters. The predicted octanol–water partition coefficient (Wildman–Crippen LogP) is 0.907. The molecule has 0 bridgehead atoms. The number of hydrogen-bond acceptors (Lipinski definition) is 5. The molecule has 2 aliphatic heterocycles. The molecule has 0 radical (unpaired) electrons. The van der Waals surface area contributed by atoms with Gasteiger partial charge in [0.2, 0.25) is 0 Å². The molecule has 2 N–H and O–H groups in total. The van der Waals surface area contributed by atoms with Crippen molar-refractivity contribution in [2.45, 2.75) is 57.8 Å². The van der Waals surface area contributed by atoms with Crippen LogP contribution in [0.25, 0.3) is 0 Å². The molecule has 2 atom stereocenters. The summed E-state index contributed by atoms with van der Waals surface area (Å²) in [7, 11) is 1.96. The highest BCUT2D eigenvalue weighted by Gasteiger charge is 2.29. The van der Waals surface area contributed by atoms with E-state index in [0.29, 0.717) is 6.54 Å². The molecule has 0 aliphatic carbocycles. The van der Waals surface area contributed by atoms with Crippen molar-refractivity contribution >= 4 is 5.96 Å².